The van der Waals surface area contributed by atoms with E-state index in [1.165, 1.54) is 0 Å². The Balaban J connectivity index is 2.07. The van der Waals surface area contributed by atoms with Gasteiger partial charge in [-0.15, -0.1) is 0 Å². The van der Waals surface area contributed by atoms with Crippen LogP contribution in [0.15, 0.2) is 54.4 Å². The van der Waals surface area contributed by atoms with Crippen LogP contribution in [0.2, 0.25) is 0 Å². The van der Waals surface area contributed by atoms with Crippen molar-refractivity contribution in [3.05, 3.63) is 65.5 Å². The third-order valence-electron chi connectivity index (χ3n) is 4.05. The molecule has 1 aromatic heterocycles. The minimum Gasteiger partial charge on any atom is -0.493 e. The van der Waals surface area contributed by atoms with Crippen LogP contribution in [0.1, 0.15) is 44.4 Å². The van der Waals surface area contributed by atoms with E-state index in [-0.39, 0.29) is 11.9 Å². The van der Waals surface area contributed by atoms with Crippen LogP contribution in [0.25, 0.3) is 0 Å². The molecule has 1 atom stereocenters. The lowest BCUT2D eigenvalue weighted by atomic mass is 10.1. The Kier molecular flexibility index (Phi) is 7.21. The van der Waals surface area contributed by atoms with Crippen molar-refractivity contribution in [2.24, 2.45) is 0 Å². The van der Waals surface area contributed by atoms with Crippen molar-refractivity contribution in [3.63, 3.8) is 0 Å². The van der Waals surface area contributed by atoms with Gasteiger partial charge in [0.15, 0.2) is 11.5 Å². The number of carbonyl (C=O) groups is 1. The number of hydrogen-bond donors (Lipinski definition) is 1. The van der Waals surface area contributed by atoms with Crippen molar-refractivity contribution in [1.29, 1.82) is 0 Å². The first-order chi connectivity index (χ1) is 12.5. The summed E-state index contributed by atoms with van der Waals surface area (Å²) in [6.45, 7) is 6.22. The van der Waals surface area contributed by atoms with Crippen molar-refractivity contribution in [3.8, 4) is 11.5 Å². The molecule has 5 nitrogen and oxygen atoms in total. The summed E-state index contributed by atoms with van der Waals surface area (Å²) in [5.41, 5.74) is 2.71. The molecule has 0 aliphatic carbocycles. The van der Waals surface area contributed by atoms with Gasteiger partial charge in [0.1, 0.15) is 6.61 Å². The number of benzene rings is 1. The van der Waals surface area contributed by atoms with Crippen LogP contribution in [-0.2, 0) is 11.4 Å². The van der Waals surface area contributed by atoms with Crippen molar-refractivity contribution < 1.29 is 14.3 Å². The molecule has 0 radical (unpaired) electrons. The fourth-order valence-corrected chi connectivity index (χ4v) is 2.51. The zero-order valence-corrected chi connectivity index (χ0v) is 15.8. The number of pyridine rings is 1. The summed E-state index contributed by atoms with van der Waals surface area (Å²) in [4.78, 5) is 16.2. The van der Waals surface area contributed by atoms with Crippen LogP contribution in [0.4, 0.5) is 0 Å². The van der Waals surface area contributed by atoms with Gasteiger partial charge in [0.2, 0.25) is 5.91 Å². The van der Waals surface area contributed by atoms with E-state index in [1.54, 1.807) is 19.5 Å². The van der Waals surface area contributed by atoms with Gasteiger partial charge in [-0.05, 0) is 55.7 Å². The highest BCUT2D eigenvalue weighted by Gasteiger charge is 2.14. The van der Waals surface area contributed by atoms with Crippen molar-refractivity contribution in [1.82, 2.24) is 10.3 Å². The minimum atomic E-state index is -0.133. The Morgan fingerprint density at radius 1 is 1.23 bits per heavy atom. The molecule has 0 aliphatic heterocycles. The molecule has 0 spiro atoms. The Bertz CT molecular complexity index is 757. The Labute approximate surface area is 155 Å². The van der Waals surface area contributed by atoms with Crippen LogP contribution in [0.3, 0.4) is 0 Å². The van der Waals surface area contributed by atoms with Crippen LogP contribution in [-0.4, -0.2) is 18.0 Å². The third-order valence-corrected chi connectivity index (χ3v) is 4.05. The molecule has 26 heavy (non-hydrogen) atoms. The van der Waals surface area contributed by atoms with Gasteiger partial charge in [0.25, 0.3) is 0 Å². The number of carbonyl (C=O) groups excluding carboxylic acids is 1. The molecule has 0 saturated carbocycles. The summed E-state index contributed by atoms with van der Waals surface area (Å²) in [6.07, 6.45) is 6.22. The second-order valence-corrected chi connectivity index (χ2v) is 6.04. The van der Waals surface area contributed by atoms with E-state index in [0.717, 1.165) is 23.1 Å². The number of nitrogens with one attached hydrogen (secondary N) is 1. The molecular weight excluding hydrogens is 328 g/mol. The van der Waals surface area contributed by atoms with Gasteiger partial charge >= 0.3 is 0 Å². The van der Waals surface area contributed by atoms with Gasteiger partial charge < -0.3 is 14.8 Å². The van der Waals surface area contributed by atoms with Crippen molar-refractivity contribution in [2.45, 2.75) is 39.8 Å². The van der Waals surface area contributed by atoms with Gasteiger partial charge in [-0.2, -0.15) is 0 Å². The Morgan fingerprint density at radius 2 is 1.96 bits per heavy atom. The summed E-state index contributed by atoms with van der Waals surface area (Å²) in [5, 5.41) is 3.00. The molecule has 1 N–H and O–H groups in total. The molecule has 0 aliphatic rings. The molecule has 5 heteroatoms. The number of amides is 1. The molecule has 2 aromatic rings. The minimum absolute atomic E-state index is 0.0590. The van der Waals surface area contributed by atoms with E-state index >= 15 is 0 Å². The lowest BCUT2D eigenvalue weighted by Gasteiger charge is -2.17. The van der Waals surface area contributed by atoms with Gasteiger partial charge in [-0.25, -0.2) is 0 Å². The Morgan fingerprint density at radius 3 is 2.62 bits per heavy atom. The van der Waals surface area contributed by atoms with Crippen molar-refractivity contribution in [2.75, 3.05) is 7.11 Å². The van der Waals surface area contributed by atoms with Gasteiger partial charge in [-0.3, -0.25) is 9.78 Å². The predicted octanol–water partition coefficient (Wildman–Crippen LogP) is 4.20. The first-order valence-electron chi connectivity index (χ1n) is 8.72. The summed E-state index contributed by atoms with van der Waals surface area (Å²) in [5.74, 6) is 1.24. The number of rotatable bonds is 8. The maximum absolute atomic E-state index is 12.2. The van der Waals surface area contributed by atoms with Crippen LogP contribution in [0, 0.1) is 0 Å². The van der Waals surface area contributed by atoms with Gasteiger partial charge in [0.05, 0.1) is 13.2 Å². The molecule has 0 unspecified atom stereocenters. The van der Waals surface area contributed by atoms with E-state index in [2.05, 4.69) is 10.3 Å². The molecular formula is C21H26N2O3. The highest BCUT2D eigenvalue weighted by molar-refractivity contribution is 5.93. The first-order valence-corrected chi connectivity index (χ1v) is 8.72. The van der Waals surface area contributed by atoms with Gasteiger partial charge in [-0.1, -0.05) is 19.1 Å². The maximum Gasteiger partial charge on any atom is 0.247 e. The average Bonchev–Trinajstić information content (AvgIpc) is 2.67. The summed E-state index contributed by atoms with van der Waals surface area (Å²) >= 11 is 0. The highest BCUT2D eigenvalue weighted by atomic mass is 16.5. The van der Waals surface area contributed by atoms with Crippen molar-refractivity contribution >= 4 is 5.91 Å². The standard InChI is InChI=1S/C21H26N2O3/c1-5-6-15(2)21(24)23-16(3)18-7-8-19(20(13-18)25-4)26-14-17-9-11-22-12-10-17/h6-13,16H,5,14H2,1-4H3,(H,23,24)/b15-6-/t16-/m0/s1. The number of nitrogens with zero attached hydrogens (tertiary/aromatic N) is 1. The van der Waals surface area contributed by atoms with Crippen LogP contribution in [0.5, 0.6) is 11.5 Å². The molecule has 0 bridgehead atoms. The van der Waals surface area contributed by atoms with E-state index in [0.29, 0.717) is 18.1 Å². The molecule has 0 fully saturated rings. The zero-order valence-electron chi connectivity index (χ0n) is 15.8. The quantitative estimate of drug-likeness (QED) is 0.722. The van der Waals surface area contributed by atoms with E-state index in [9.17, 15) is 4.79 Å². The maximum atomic E-state index is 12.2. The van der Waals surface area contributed by atoms with Crippen LogP contribution >= 0.6 is 0 Å². The smallest absolute Gasteiger partial charge is 0.247 e. The number of hydrogen-bond acceptors (Lipinski definition) is 4. The second-order valence-electron chi connectivity index (χ2n) is 6.04. The van der Waals surface area contributed by atoms with Crippen LogP contribution < -0.4 is 14.8 Å². The lowest BCUT2D eigenvalue weighted by molar-refractivity contribution is -0.118. The van der Waals surface area contributed by atoms with E-state index < -0.39 is 0 Å². The molecule has 138 valence electrons. The third kappa shape index (κ3) is 5.34. The van der Waals surface area contributed by atoms with Gasteiger partial charge in [0, 0.05) is 18.0 Å². The lowest BCUT2D eigenvalue weighted by Crippen LogP contribution is -2.27. The summed E-state index contributed by atoms with van der Waals surface area (Å²) in [6, 6.07) is 9.38. The zero-order chi connectivity index (χ0) is 18.9. The van der Waals surface area contributed by atoms with E-state index in [4.69, 9.17) is 9.47 Å². The second kappa shape index (κ2) is 9.61. The SMILES string of the molecule is CC/C=C(/C)C(=O)N[C@@H](C)c1ccc(OCc2ccncc2)c(OC)c1. The summed E-state index contributed by atoms with van der Waals surface area (Å²) < 4.78 is 11.3. The fraction of sp³-hybridized carbons (Fsp3) is 0.333. The Hall–Kier alpha value is -2.82. The molecule has 1 heterocycles. The number of ether oxygens (including phenoxy) is 2. The number of aromatic nitrogens is 1. The number of allylic oxidation sites excluding steroid dienone is 1. The molecule has 1 aromatic carbocycles. The topological polar surface area (TPSA) is 60.5 Å². The fourth-order valence-electron chi connectivity index (χ4n) is 2.51. The first kappa shape index (κ1) is 19.5. The normalized spacial score (nSPS) is 12.4. The number of methoxy groups -OCH3 is 1. The molecule has 0 saturated heterocycles. The predicted molar refractivity (Wildman–Crippen MR) is 102 cm³/mol. The monoisotopic (exact) mass is 354 g/mol. The summed E-state index contributed by atoms with van der Waals surface area (Å²) in [7, 11) is 1.61. The van der Waals surface area contributed by atoms with E-state index in [1.807, 2.05) is 57.2 Å². The average molecular weight is 354 g/mol. The molecule has 1 amide bonds. The molecule has 2 rings (SSSR count). The largest absolute Gasteiger partial charge is 0.493 e. The highest BCUT2D eigenvalue weighted by Crippen LogP contribution is 2.31.